The Hall–Kier alpha value is -2.08. The molecule has 2 amide bonds. The average molecular weight is 291 g/mol. The molecule has 0 bridgehead atoms. The largest absolute Gasteiger partial charge is 0.444 e. The molecule has 0 radical (unpaired) electrons. The Kier molecular flexibility index (Phi) is 4.18. The quantitative estimate of drug-likeness (QED) is 0.773. The van der Waals surface area contributed by atoms with Crippen LogP contribution in [0.15, 0.2) is 18.2 Å². The normalized spacial score (nSPS) is 17.8. The van der Waals surface area contributed by atoms with Gasteiger partial charge in [-0.25, -0.2) is 4.79 Å². The van der Waals surface area contributed by atoms with Crippen molar-refractivity contribution in [2.45, 2.75) is 38.8 Å². The van der Waals surface area contributed by atoms with Gasteiger partial charge in [0, 0.05) is 12.2 Å². The summed E-state index contributed by atoms with van der Waals surface area (Å²) in [5, 5.41) is 5.82. The minimum Gasteiger partial charge on any atom is -0.444 e. The van der Waals surface area contributed by atoms with Gasteiger partial charge in [0.25, 0.3) is 0 Å². The molecule has 1 aliphatic heterocycles. The summed E-state index contributed by atoms with van der Waals surface area (Å²) in [6.45, 7) is 6.05. The van der Waals surface area contributed by atoms with Gasteiger partial charge in [0.1, 0.15) is 11.6 Å². The van der Waals surface area contributed by atoms with Gasteiger partial charge in [-0.2, -0.15) is 0 Å². The third-order valence-electron chi connectivity index (χ3n) is 3.17. The fourth-order valence-electron chi connectivity index (χ4n) is 2.39. The molecule has 4 N–H and O–H groups in total. The van der Waals surface area contributed by atoms with Crippen molar-refractivity contribution in [2.75, 3.05) is 11.9 Å². The first kappa shape index (κ1) is 15.3. The first-order valence-electron chi connectivity index (χ1n) is 6.92. The second-order valence-corrected chi connectivity index (χ2v) is 6.04. The van der Waals surface area contributed by atoms with E-state index >= 15 is 0 Å². The highest BCUT2D eigenvalue weighted by molar-refractivity contribution is 5.88. The van der Waals surface area contributed by atoms with E-state index in [0.29, 0.717) is 18.7 Å². The molecule has 6 heteroatoms. The van der Waals surface area contributed by atoms with E-state index in [-0.39, 0.29) is 0 Å². The lowest BCUT2D eigenvalue weighted by Crippen LogP contribution is -2.39. The van der Waals surface area contributed by atoms with Crippen LogP contribution in [-0.2, 0) is 16.0 Å². The molecule has 2 rings (SSSR count). The van der Waals surface area contributed by atoms with Gasteiger partial charge in [0.15, 0.2) is 0 Å². The second kappa shape index (κ2) is 5.73. The van der Waals surface area contributed by atoms with E-state index in [0.717, 1.165) is 11.1 Å². The molecule has 1 atom stereocenters. The molecular formula is C15H21N3O3. The van der Waals surface area contributed by atoms with Gasteiger partial charge in [0.05, 0.1) is 0 Å². The molecular weight excluding hydrogens is 270 g/mol. The molecule has 1 unspecified atom stereocenters. The van der Waals surface area contributed by atoms with Crippen LogP contribution in [0.2, 0.25) is 0 Å². The molecule has 0 aliphatic carbocycles. The summed E-state index contributed by atoms with van der Waals surface area (Å²) in [4.78, 5) is 23.4. The first-order valence-corrected chi connectivity index (χ1v) is 6.92. The maximum Gasteiger partial charge on any atom is 0.412 e. The zero-order valence-corrected chi connectivity index (χ0v) is 12.5. The summed E-state index contributed by atoms with van der Waals surface area (Å²) in [5.74, 6) is -0.426. The summed E-state index contributed by atoms with van der Waals surface area (Å²) >= 11 is 0. The third kappa shape index (κ3) is 3.72. The Balaban J connectivity index is 2.24. The number of nitrogens with one attached hydrogen (secondary N) is 2. The number of hydrogen-bond donors (Lipinski definition) is 3. The molecule has 0 aromatic heterocycles. The molecule has 1 aromatic rings. The highest BCUT2D eigenvalue weighted by atomic mass is 16.6. The van der Waals surface area contributed by atoms with Crippen molar-refractivity contribution in [3.8, 4) is 0 Å². The Morgan fingerprint density at radius 1 is 1.38 bits per heavy atom. The first-order chi connectivity index (χ1) is 9.78. The Bertz CT molecular complexity index is 564. The minimum atomic E-state index is -0.559. The van der Waals surface area contributed by atoms with Crippen LogP contribution in [0.3, 0.4) is 0 Å². The summed E-state index contributed by atoms with van der Waals surface area (Å²) in [5.41, 5.74) is 7.24. The van der Waals surface area contributed by atoms with Gasteiger partial charge in [-0.1, -0.05) is 12.1 Å². The van der Waals surface area contributed by atoms with Crippen LogP contribution >= 0.6 is 0 Å². The van der Waals surface area contributed by atoms with Crippen molar-refractivity contribution in [1.29, 1.82) is 0 Å². The Morgan fingerprint density at radius 2 is 2.10 bits per heavy atom. The second-order valence-electron chi connectivity index (χ2n) is 6.04. The van der Waals surface area contributed by atoms with Crippen molar-refractivity contribution >= 4 is 17.7 Å². The van der Waals surface area contributed by atoms with Gasteiger partial charge in [-0.3, -0.25) is 10.1 Å². The number of nitrogens with two attached hydrogens (primary N) is 1. The zero-order chi connectivity index (χ0) is 15.6. The molecule has 1 heterocycles. The SMILES string of the molecule is CC(C)(C)OC(=O)Nc1cccc2c1CCNC2C(N)=O. The molecule has 1 aromatic carbocycles. The van der Waals surface area contributed by atoms with Crippen molar-refractivity contribution in [2.24, 2.45) is 5.73 Å². The van der Waals surface area contributed by atoms with Crippen LogP contribution in [0.4, 0.5) is 10.5 Å². The van der Waals surface area contributed by atoms with E-state index in [2.05, 4.69) is 10.6 Å². The topological polar surface area (TPSA) is 93.4 Å². The number of fused-ring (bicyclic) bond motifs is 1. The van der Waals surface area contributed by atoms with Gasteiger partial charge >= 0.3 is 6.09 Å². The van der Waals surface area contributed by atoms with E-state index < -0.39 is 23.6 Å². The lowest BCUT2D eigenvalue weighted by atomic mass is 9.92. The predicted molar refractivity (Wildman–Crippen MR) is 79.9 cm³/mol. The summed E-state index contributed by atoms with van der Waals surface area (Å²) < 4.78 is 5.25. The zero-order valence-electron chi connectivity index (χ0n) is 12.5. The van der Waals surface area contributed by atoms with E-state index in [1.54, 1.807) is 32.9 Å². The number of benzene rings is 1. The molecule has 1 aliphatic rings. The third-order valence-corrected chi connectivity index (χ3v) is 3.17. The maximum atomic E-state index is 11.9. The van der Waals surface area contributed by atoms with E-state index in [9.17, 15) is 9.59 Å². The molecule has 0 spiro atoms. The lowest BCUT2D eigenvalue weighted by Gasteiger charge is -2.27. The van der Waals surface area contributed by atoms with Crippen molar-refractivity contribution in [3.63, 3.8) is 0 Å². The van der Waals surface area contributed by atoms with Gasteiger partial charge < -0.3 is 15.8 Å². The maximum absolute atomic E-state index is 11.9. The molecule has 21 heavy (non-hydrogen) atoms. The van der Waals surface area contributed by atoms with Crippen LogP contribution in [0.5, 0.6) is 0 Å². The fourth-order valence-corrected chi connectivity index (χ4v) is 2.39. The minimum absolute atomic E-state index is 0.426. The molecule has 0 saturated heterocycles. The number of carbonyl (C=O) groups excluding carboxylic acids is 2. The van der Waals surface area contributed by atoms with Crippen LogP contribution in [0.25, 0.3) is 0 Å². The van der Waals surface area contributed by atoms with Gasteiger partial charge in [0.2, 0.25) is 5.91 Å². The molecule has 0 fully saturated rings. The number of carbonyl (C=O) groups is 2. The summed E-state index contributed by atoms with van der Waals surface area (Å²) in [6.07, 6.45) is 0.204. The van der Waals surface area contributed by atoms with Gasteiger partial charge in [-0.05, 0) is 44.4 Å². The standard InChI is InChI=1S/C15H21N3O3/c1-15(2,3)21-14(20)18-11-6-4-5-10-9(11)7-8-17-12(10)13(16)19/h4-6,12,17H,7-8H2,1-3H3,(H2,16,19)(H,18,20). The van der Waals surface area contributed by atoms with Crippen LogP contribution < -0.4 is 16.4 Å². The smallest absolute Gasteiger partial charge is 0.412 e. The van der Waals surface area contributed by atoms with Gasteiger partial charge in [-0.15, -0.1) is 0 Å². The fraction of sp³-hybridized carbons (Fsp3) is 0.467. The van der Waals surface area contributed by atoms with Crippen LogP contribution in [0.1, 0.15) is 37.9 Å². The monoisotopic (exact) mass is 291 g/mol. The highest BCUT2D eigenvalue weighted by Crippen LogP contribution is 2.29. The number of amides is 2. The van der Waals surface area contributed by atoms with E-state index in [1.165, 1.54) is 0 Å². The molecule has 0 saturated carbocycles. The number of ether oxygens (including phenoxy) is 1. The number of rotatable bonds is 2. The highest BCUT2D eigenvalue weighted by Gasteiger charge is 2.26. The van der Waals surface area contributed by atoms with Crippen molar-refractivity contribution in [1.82, 2.24) is 5.32 Å². The number of hydrogen-bond acceptors (Lipinski definition) is 4. The summed E-state index contributed by atoms with van der Waals surface area (Å²) in [7, 11) is 0. The lowest BCUT2D eigenvalue weighted by molar-refractivity contribution is -0.120. The van der Waals surface area contributed by atoms with Crippen LogP contribution in [0, 0.1) is 0 Å². The van der Waals surface area contributed by atoms with E-state index in [1.807, 2.05) is 6.07 Å². The van der Waals surface area contributed by atoms with E-state index in [4.69, 9.17) is 10.5 Å². The number of anilines is 1. The molecule has 6 nitrogen and oxygen atoms in total. The Labute approximate surface area is 124 Å². The molecule has 114 valence electrons. The average Bonchev–Trinajstić information content (AvgIpc) is 2.36. The van der Waals surface area contributed by atoms with Crippen LogP contribution in [-0.4, -0.2) is 24.1 Å². The van der Waals surface area contributed by atoms with Crippen molar-refractivity contribution in [3.05, 3.63) is 29.3 Å². The number of primary amides is 1. The Morgan fingerprint density at radius 3 is 2.71 bits per heavy atom. The summed E-state index contributed by atoms with van der Waals surface area (Å²) in [6, 6.07) is 4.91. The van der Waals surface area contributed by atoms with Crippen molar-refractivity contribution < 1.29 is 14.3 Å². The predicted octanol–water partition coefficient (Wildman–Crippen LogP) is 1.71.